The van der Waals surface area contributed by atoms with Gasteiger partial charge in [0.05, 0.1) is 0 Å². The van der Waals surface area contributed by atoms with Crippen LogP contribution in [0.25, 0.3) is 0 Å². The van der Waals surface area contributed by atoms with Crippen molar-refractivity contribution in [3.63, 3.8) is 0 Å². The van der Waals surface area contributed by atoms with Crippen LogP contribution >= 0.6 is 0 Å². The molecule has 0 aromatic carbocycles. The Morgan fingerprint density at radius 3 is 0.755 bits per heavy atom. The van der Waals surface area contributed by atoms with Gasteiger partial charge >= 0.3 is 0 Å². The number of primary amides is 11. The number of nitrogens with two attached hydrogens (primary N) is 12. The van der Waals surface area contributed by atoms with Gasteiger partial charge in [-0.2, -0.15) is 0 Å². The van der Waals surface area contributed by atoms with Crippen LogP contribution in [0.5, 0.6) is 0 Å². The van der Waals surface area contributed by atoms with E-state index in [0.29, 0.717) is 158 Å². The molecule has 518 valence electrons. The van der Waals surface area contributed by atoms with E-state index in [9.17, 15) is 52.7 Å². The van der Waals surface area contributed by atoms with E-state index >= 15 is 0 Å². The summed E-state index contributed by atoms with van der Waals surface area (Å²) < 4.78 is 0. The van der Waals surface area contributed by atoms with Crippen molar-refractivity contribution in [1.82, 2.24) is 0 Å². The molecule has 12 bridgehead atoms. The van der Waals surface area contributed by atoms with Crippen molar-refractivity contribution in [2.75, 3.05) is 6.54 Å². The average Bonchev–Trinajstić information content (AvgIpc) is 1.69. The van der Waals surface area contributed by atoms with Crippen LogP contribution in [-0.2, 0) is 52.7 Å². The topological polar surface area (TPSA) is 500 Å². The molecular weight excluding hydrogens is 1200 g/mol. The first-order valence-corrected chi connectivity index (χ1v) is 34.6. The quantitative estimate of drug-likeness (QED) is 0.0378. The third kappa shape index (κ3) is 19.8. The predicted octanol–water partition coefficient (Wildman–Crippen LogP) is 3.48. The van der Waals surface area contributed by atoms with E-state index in [2.05, 4.69) is 66.8 Å². The molecule has 12 aliphatic carbocycles. The number of rotatable bonds is 29. The number of carbonyl (C=O) groups is 11. The lowest BCUT2D eigenvalue weighted by atomic mass is 9.78. The molecule has 0 saturated heterocycles. The van der Waals surface area contributed by atoms with E-state index in [1.807, 2.05) is 6.08 Å². The second-order valence-electron chi connectivity index (χ2n) is 29.2. The van der Waals surface area contributed by atoms with E-state index in [4.69, 9.17) is 68.8 Å². The SMILES string of the molecule is NC(=O)CC1C2C=CC(C2)C1C(N)=O.NC(=O)CC1C2C=CC(C2)C1CC(N)=O.NC(=O)CCC1C2C=CC(C2)C1CC(N)=O.NC(=O)CCC1C2C=CC(C2)C1CCC(N)=O.NC(=O)CCCCC1C2C=CC(C2)C1C(N)=O.NCCCC1C2C=CC(C2)C1CC(N)=O. The summed E-state index contributed by atoms with van der Waals surface area (Å²) >= 11 is 0. The van der Waals surface area contributed by atoms with Gasteiger partial charge in [0.25, 0.3) is 0 Å². The van der Waals surface area contributed by atoms with E-state index < -0.39 is 0 Å². The van der Waals surface area contributed by atoms with Crippen molar-refractivity contribution < 1.29 is 52.7 Å². The van der Waals surface area contributed by atoms with Crippen LogP contribution in [0.4, 0.5) is 0 Å². The summed E-state index contributed by atoms with van der Waals surface area (Å²) in [6.45, 7) is 0.751. The Balaban J connectivity index is 0.000000160. The van der Waals surface area contributed by atoms with Crippen LogP contribution in [0.1, 0.15) is 148 Å². The van der Waals surface area contributed by atoms with Crippen LogP contribution < -0.4 is 68.8 Å². The lowest BCUT2D eigenvalue weighted by molar-refractivity contribution is -0.126. The molecule has 6 fully saturated rings. The molecule has 0 heterocycles. The number of allylic oxidation sites excluding steroid dienone is 12. The highest BCUT2D eigenvalue weighted by Crippen LogP contribution is 2.55. The second kappa shape index (κ2) is 34.3. The van der Waals surface area contributed by atoms with Gasteiger partial charge in [0.15, 0.2) is 0 Å². The Labute approximate surface area is 553 Å². The summed E-state index contributed by atoms with van der Waals surface area (Å²) in [5.74, 6) is 6.61. The van der Waals surface area contributed by atoms with Crippen LogP contribution in [0.3, 0.4) is 0 Å². The lowest BCUT2D eigenvalue weighted by Crippen LogP contribution is -2.35. The van der Waals surface area contributed by atoms with Crippen molar-refractivity contribution in [1.29, 1.82) is 0 Å². The second-order valence-corrected chi connectivity index (χ2v) is 29.2. The Morgan fingerprint density at radius 2 is 0.457 bits per heavy atom. The Morgan fingerprint density at radius 1 is 0.234 bits per heavy atom. The third-order valence-electron chi connectivity index (χ3n) is 23.4. The fourth-order valence-corrected chi connectivity index (χ4v) is 19.5. The molecule has 23 nitrogen and oxygen atoms in total. The minimum Gasteiger partial charge on any atom is -0.370 e. The van der Waals surface area contributed by atoms with Gasteiger partial charge in [-0.3, -0.25) is 52.7 Å². The van der Waals surface area contributed by atoms with Gasteiger partial charge in [-0.05, 0) is 220 Å². The highest BCUT2D eigenvalue weighted by Gasteiger charge is 2.50. The average molecular weight is 1310 g/mol. The fraction of sp³-hybridized carbons (Fsp3) is 0.676. The smallest absolute Gasteiger partial charge is 0.221 e. The number of unbranched alkanes of at least 4 members (excludes halogenated alkanes) is 1. The molecular formula is C71H108N12O11. The largest absolute Gasteiger partial charge is 0.370 e. The highest BCUT2D eigenvalue weighted by atomic mass is 16.2. The minimum atomic E-state index is -0.345. The molecule has 0 spiro atoms. The molecule has 6 saturated carbocycles. The summed E-state index contributed by atoms with van der Waals surface area (Å²) in [5.41, 5.74) is 63.2. The molecule has 12 rings (SSSR count). The Bertz CT molecular complexity index is 2880. The standard InChI is InChI=1S/2C13H20N2O2.C12H18N2O2.C12H20N2O.C11H16N2O2.C10H14N2O2/c14-12(16)5-3-10-8-1-2-9(7-8)11(10)4-6-13(15)17;14-11(16)4-2-1-3-10-8-5-6-9(7-8)12(10)13(15)17;13-11(15)4-3-9-7-1-2-8(5-7)10(9)6-12(14)16;13-5-1-2-10-8-3-4-9(6-8)11(10)7-12(14)15;12-10(14)4-8-6-1-2-7(3-6)9(8)5-11(13)15;11-8(13)4-7-5-1-2-6(3-5)9(7)10(12)14/h1-2,8-11H,3-7H2,(H2,14,16)(H2,15,17);5-6,8-10,12H,1-4,7H2,(H2,14,16)(H2,15,17);1-2,7-10H,3-6H2,(H2,13,15)(H2,14,16);3-4,8-11H,1-2,5-7,13H2,(H2,14,15);1-2,6-9H,3-5H2,(H2,12,14)(H2,13,15);1-2,5-7,9H,3-4H2,(H2,11,13)(H2,12,14). The first kappa shape index (κ1) is 74.0. The van der Waals surface area contributed by atoms with Crippen molar-refractivity contribution in [2.45, 2.75) is 148 Å². The lowest BCUT2D eigenvalue weighted by Gasteiger charge is -2.27. The van der Waals surface area contributed by atoms with Crippen LogP contribution in [0.2, 0.25) is 0 Å². The molecule has 0 aromatic heterocycles. The maximum absolute atomic E-state index is 11.5. The summed E-state index contributed by atoms with van der Waals surface area (Å²) in [7, 11) is 0. The first-order chi connectivity index (χ1) is 44.6. The molecule has 24 N–H and O–H groups in total. The molecule has 0 aliphatic heterocycles. The minimum absolute atomic E-state index is 0.0126. The molecule has 0 aromatic rings. The van der Waals surface area contributed by atoms with Gasteiger partial charge in [0.2, 0.25) is 65.0 Å². The molecule has 23 heteroatoms. The number of carbonyl (C=O) groups excluding carboxylic acids is 11. The van der Waals surface area contributed by atoms with Crippen molar-refractivity contribution >= 4 is 65.0 Å². The van der Waals surface area contributed by atoms with E-state index in [-0.39, 0.29) is 107 Å². The zero-order valence-electron chi connectivity index (χ0n) is 54.7. The van der Waals surface area contributed by atoms with Crippen molar-refractivity contribution in [3.8, 4) is 0 Å². The maximum atomic E-state index is 11.5. The number of hydrogen-bond donors (Lipinski definition) is 12. The first-order valence-electron chi connectivity index (χ1n) is 34.6. The summed E-state index contributed by atoms with van der Waals surface area (Å²) in [6.07, 6.45) is 44.2. The normalized spacial score (nSPS) is 36.1. The zero-order chi connectivity index (χ0) is 68.7. The van der Waals surface area contributed by atoms with Crippen LogP contribution in [-0.4, -0.2) is 71.5 Å². The number of hydrogen-bond acceptors (Lipinski definition) is 12. The molecule has 0 radical (unpaired) electrons. The van der Waals surface area contributed by atoms with E-state index in [1.165, 1.54) is 12.8 Å². The van der Waals surface area contributed by atoms with Gasteiger partial charge < -0.3 is 68.8 Å². The van der Waals surface area contributed by atoms with Gasteiger partial charge in [-0.15, -0.1) is 0 Å². The highest BCUT2D eigenvalue weighted by molar-refractivity contribution is 5.81. The summed E-state index contributed by atoms with van der Waals surface area (Å²) in [5, 5.41) is 0. The number of amides is 11. The Hall–Kier alpha value is -7.43. The molecule has 12 aliphatic rings. The van der Waals surface area contributed by atoms with E-state index in [1.54, 1.807) is 0 Å². The number of fused-ring (bicyclic) bond motifs is 12. The van der Waals surface area contributed by atoms with Crippen LogP contribution in [0.15, 0.2) is 72.9 Å². The molecule has 24 unspecified atom stereocenters. The molecule has 11 amide bonds. The molecule has 24 atom stereocenters. The molecule has 94 heavy (non-hydrogen) atoms. The van der Waals surface area contributed by atoms with Gasteiger partial charge in [-0.25, -0.2) is 0 Å². The van der Waals surface area contributed by atoms with Crippen LogP contribution in [0, 0.1) is 142 Å². The van der Waals surface area contributed by atoms with Crippen molar-refractivity contribution in [3.05, 3.63) is 72.9 Å². The Kier molecular flexibility index (Phi) is 27.0. The summed E-state index contributed by atoms with van der Waals surface area (Å²) in [4.78, 5) is 121. The van der Waals surface area contributed by atoms with Gasteiger partial charge in [0, 0.05) is 69.6 Å². The summed E-state index contributed by atoms with van der Waals surface area (Å²) in [6, 6.07) is 0. The maximum Gasteiger partial charge on any atom is 0.221 e. The third-order valence-corrected chi connectivity index (χ3v) is 23.4. The zero-order valence-corrected chi connectivity index (χ0v) is 54.7. The van der Waals surface area contributed by atoms with Crippen molar-refractivity contribution in [2.24, 2.45) is 211 Å². The van der Waals surface area contributed by atoms with E-state index in [0.717, 1.165) is 83.6 Å². The van der Waals surface area contributed by atoms with Gasteiger partial charge in [0.1, 0.15) is 0 Å². The fourth-order valence-electron chi connectivity index (χ4n) is 19.5. The van der Waals surface area contributed by atoms with Gasteiger partial charge in [-0.1, -0.05) is 79.3 Å². The monoisotopic (exact) mass is 1300 g/mol. The predicted molar refractivity (Wildman–Crippen MR) is 355 cm³/mol.